The number of nitrogens with two attached hydrogens (primary N) is 1. The quantitative estimate of drug-likeness (QED) is 0.844. The fraction of sp³-hybridized carbons (Fsp3) is 0.250. The topological polar surface area (TPSA) is 77.1 Å². The molecule has 0 atom stereocenters. The third kappa shape index (κ3) is 3.51. The van der Waals surface area contributed by atoms with Gasteiger partial charge >= 0.3 is 0 Å². The Hall–Kier alpha value is -2.56. The first-order valence-electron chi connectivity index (χ1n) is 6.71. The number of hydrogen-bond acceptors (Lipinski definition) is 3. The van der Waals surface area contributed by atoms with E-state index in [4.69, 9.17) is 5.73 Å². The van der Waals surface area contributed by atoms with Crippen molar-refractivity contribution in [2.45, 2.75) is 20.4 Å². The second kappa shape index (κ2) is 5.83. The average Bonchev–Trinajstić information content (AvgIpc) is 2.43. The Morgan fingerprint density at radius 2 is 1.86 bits per heavy atom. The van der Waals surface area contributed by atoms with Crippen LogP contribution in [0, 0.1) is 5.41 Å². The van der Waals surface area contributed by atoms with Gasteiger partial charge in [-0.25, -0.2) is 0 Å². The number of aromatic nitrogens is 1. The molecule has 3 N–H and O–H groups in total. The van der Waals surface area contributed by atoms with Gasteiger partial charge in [0, 0.05) is 18.8 Å². The fourth-order valence-corrected chi connectivity index (χ4v) is 1.99. The van der Waals surface area contributed by atoms with Crippen LogP contribution in [0.5, 0.6) is 0 Å². The van der Waals surface area contributed by atoms with Crippen LogP contribution in [0.4, 0.5) is 11.4 Å². The van der Waals surface area contributed by atoms with Crippen LogP contribution >= 0.6 is 0 Å². The Bertz CT molecular complexity index is 704. The van der Waals surface area contributed by atoms with Gasteiger partial charge < -0.3 is 15.6 Å². The minimum atomic E-state index is -0.743. The van der Waals surface area contributed by atoms with Crippen molar-refractivity contribution in [3.8, 4) is 0 Å². The number of nitrogen functional groups attached to an aromatic ring is 1. The highest BCUT2D eigenvalue weighted by atomic mass is 16.2. The molecule has 0 radical (unpaired) electrons. The van der Waals surface area contributed by atoms with Gasteiger partial charge in [0.2, 0.25) is 5.91 Å². The molecule has 1 heterocycles. The summed E-state index contributed by atoms with van der Waals surface area (Å²) in [6.07, 6.45) is 1.67. The monoisotopic (exact) mass is 285 g/mol. The summed E-state index contributed by atoms with van der Waals surface area (Å²) in [5.74, 6) is -0.184. The van der Waals surface area contributed by atoms with E-state index in [-0.39, 0.29) is 11.5 Å². The zero-order chi connectivity index (χ0) is 15.5. The number of benzene rings is 1. The van der Waals surface area contributed by atoms with Gasteiger partial charge in [0.05, 0.1) is 16.8 Å². The molecule has 0 bridgehead atoms. The number of pyridine rings is 1. The molecule has 0 aliphatic carbocycles. The van der Waals surface area contributed by atoms with Crippen molar-refractivity contribution in [2.75, 3.05) is 11.1 Å². The lowest BCUT2D eigenvalue weighted by atomic mass is 9.92. The number of para-hydroxylation sites is 2. The molecule has 110 valence electrons. The highest BCUT2D eigenvalue weighted by Gasteiger charge is 2.28. The summed E-state index contributed by atoms with van der Waals surface area (Å²) in [6, 6.07) is 12.0. The Labute approximate surface area is 123 Å². The maximum atomic E-state index is 12.4. The maximum Gasteiger partial charge on any atom is 0.250 e. The molecule has 0 aliphatic rings. The van der Waals surface area contributed by atoms with Crippen LogP contribution in [0.3, 0.4) is 0 Å². The molecule has 0 saturated carbocycles. The molecule has 0 saturated heterocycles. The fourth-order valence-electron chi connectivity index (χ4n) is 1.99. The molecule has 5 heteroatoms. The molecular formula is C16H19N3O2. The van der Waals surface area contributed by atoms with E-state index in [0.29, 0.717) is 17.9 Å². The molecule has 2 aromatic rings. The van der Waals surface area contributed by atoms with Gasteiger partial charge in [-0.05, 0) is 32.0 Å². The van der Waals surface area contributed by atoms with Crippen LogP contribution in [0.2, 0.25) is 0 Å². The first-order chi connectivity index (χ1) is 9.90. The van der Waals surface area contributed by atoms with E-state index in [9.17, 15) is 9.59 Å². The molecule has 0 aliphatic heterocycles. The molecule has 0 unspecified atom stereocenters. The first-order valence-corrected chi connectivity index (χ1v) is 6.71. The Morgan fingerprint density at radius 1 is 1.19 bits per heavy atom. The van der Waals surface area contributed by atoms with Crippen LogP contribution in [0.1, 0.15) is 13.8 Å². The molecule has 1 aromatic heterocycles. The van der Waals surface area contributed by atoms with Gasteiger partial charge in [-0.3, -0.25) is 9.59 Å². The molecule has 0 fully saturated rings. The van der Waals surface area contributed by atoms with E-state index in [1.54, 1.807) is 56.4 Å². The van der Waals surface area contributed by atoms with Crippen molar-refractivity contribution in [1.29, 1.82) is 0 Å². The summed E-state index contributed by atoms with van der Waals surface area (Å²) in [4.78, 5) is 24.2. The van der Waals surface area contributed by atoms with Crippen molar-refractivity contribution < 1.29 is 4.79 Å². The SMILES string of the molecule is CC(C)(Cn1ccccc1=O)C(=O)Nc1ccccc1N. The van der Waals surface area contributed by atoms with Crippen LogP contribution in [0.15, 0.2) is 53.5 Å². The van der Waals surface area contributed by atoms with Gasteiger partial charge in [0.15, 0.2) is 0 Å². The van der Waals surface area contributed by atoms with Gasteiger partial charge in [0.25, 0.3) is 5.56 Å². The van der Waals surface area contributed by atoms with E-state index in [2.05, 4.69) is 5.32 Å². The first kappa shape index (κ1) is 14.8. The van der Waals surface area contributed by atoms with Crippen molar-refractivity contribution in [3.63, 3.8) is 0 Å². The summed E-state index contributed by atoms with van der Waals surface area (Å²) in [7, 11) is 0. The van der Waals surface area contributed by atoms with Crippen LogP contribution in [0.25, 0.3) is 0 Å². The maximum absolute atomic E-state index is 12.4. The molecule has 1 amide bonds. The number of anilines is 2. The highest BCUT2D eigenvalue weighted by molar-refractivity contribution is 5.97. The van der Waals surface area contributed by atoms with E-state index >= 15 is 0 Å². The number of rotatable bonds is 4. The van der Waals surface area contributed by atoms with Crippen LogP contribution in [-0.4, -0.2) is 10.5 Å². The van der Waals surface area contributed by atoms with E-state index in [0.717, 1.165) is 0 Å². The molecular weight excluding hydrogens is 266 g/mol. The van der Waals surface area contributed by atoms with Gasteiger partial charge in [0.1, 0.15) is 0 Å². The van der Waals surface area contributed by atoms with Gasteiger partial charge in [-0.2, -0.15) is 0 Å². The third-order valence-electron chi connectivity index (χ3n) is 3.29. The normalized spacial score (nSPS) is 11.1. The van der Waals surface area contributed by atoms with E-state index in [1.165, 1.54) is 10.6 Å². The van der Waals surface area contributed by atoms with Crippen LogP contribution in [-0.2, 0) is 11.3 Å². The lowest BCUT2D eigenvalue weighted by Crippen LogP contribution is -2.37. The molecule has 1 aromatic carbocycles. The predicted molar refractivity (Wildman–Crippen MR) is 84.0 cm³/mol. The van der Waals surface area contributed by atoms with Crippen LogP contribution < -0.4 is 16.6 Å². The van der Waals surface area contributed by atoms with Crippen molar-refractivity contribution in [1.82, 2.24) is 4.57 Å². The second-order valence-electron chi connectivity index (χ2n) is 5.59. The number of nitrogens with one attached hydrogen (secondary N) is 1. The molecule has 0 spiro atoms. The predicted octanol–water partition coefficient (Wildman–Crippen LogP) is 2.10. The number of hydrogen-bond donors (Lipinski definition) is 2. The summed E-state index contributed by atoms with van der Waals surface area (Å²) in [5.41, 5.74) is 6.04. The number of amides is 1. The third-order valence-corrected chi connectivity index (χ3v) is 3.29. The Kier molecular flexibility index (Phi) is 4.12. The molecule has 5 nitrogen and oxygen atoms in total. The number of carbonyl (C=O) groups excluding carboxylic acids is 1. The lowest BCUT2D eigenvalue weighted by Gasteiger charge is -2.24. The largest absolute Gasteiger partial charge is 0.397 e. The standard InChI is InChI=1S/C16H19N3O2/c1-16(2,11-19-10-6-5-9-14(19)20)15(21)18-13-8-4-3-7-12(13)17/h3-10H,11,17H2,1-2H3,(H,18,21). The van der Waals surface area contributed by atoms with Crippen molar-refractivity contribution in [3.05, 3.63) is 59.0 Å². The van der Waals surface area contributed by atoms with Crippen molar-refractivity contribution >= 4 is 17.3 Å². The smallest absolute Gasteiger partial charge is 0.250 e. The van der Waals surface area contributed by atoms with Crippen molar-refractivity contribution in [2.24, 2.45) is 5.41 Å². The Morgan fingerprint density at radius 3 is 2.52 bits per heavy atom. The summed E-state index contributed by atoms with van der Waals surface area (Å²) in [5, 5.41) is 2.81. The van der Waals surface area contributed by atoms with Gasteiger partial charge in [-0.15, -0.1) is 0 Å². The summed E-state index contributed by atoms with van der Waals surface area (Å²) >= 11 is 0. The molecule has 2 rings (SSSR count). The summed E-state index contributed by atoms with van der Waals surface area (Å²) < 4.78 is 1.52. The van der Waals surface area contributed by atoms with Gasteiger partial charge in [-0.1, -0.05) is 18.2 Å². The molecule has 21 heavy (non-hydrogen) atoms. The average molecular weight is 285 g/mol. The highest BCUT2D eigenvalue weighted by Crippen LogP contribution is 2.23. The van der Waals surface area contributed by atoms with E-state index < -0.39 is 5.41 Å². The number of nitrogens with zero attached hydrogens (tertiary/aromatic N) is 1. The zero-order valence-corrected chi connectivity index (χ0v) is 12.2. The van der Waals surface area contributed by atoms with E-state index in [1.807, 2.05) is 0 Å². The zero-order valence-electron chi connectivity index (χ0n) is 12.2. The lowest BCUT2D eigenvalue weighted by molar-refractivity contribution is -0.124. The Balaban J connectivity index is 2.16. The number of carbonyl (C=O) groups is 1. The summed E-state index contributed by atoms with van der Waals surface area (Å²) in [6.45, 7) is 3.88. The minimum absolute atomic E-state index is 0.127. The minimum Gasteiger partial charge on any atom is -0.397 e. The second-order valence-corrected chi connectivity index (χ2v) is 5.59.